The molecule has 1 aliphatic rings. The lowest BCUT2D eigenvalue weighted by atomic mass is 9.56. The molecule has 1 saturated carbocycles. The maximum Gasteiger partial charge on any atom is 0.0731 e. The predicted molar refractivity (Wildman–Crippen MR) is 41.8 cm³/mol. The predicted octanol–water partition coefficient (Wildman–Crippen LogP) is 1.15. The monoisotopic (exact) mass is 143 g/mol. The SMILES string of the molecule is CO[C@@]1(C)C[C@H](N)C1(C)C. The summed E-state index contributed by atoms with van der Waals surface area (Å²) >= 11 is 0. The van der Waals surface area contributed by atoms with E-state index in [-0.39, 0.29) is 11.0 Å². The summed E-state index contributed by atoms with van der Waals surface area (Å²) in [5.41, 5.74) is 5.97. The van der Waals surface area contributed by atoms with Crippen LogP contribution in [0.5, 0.6) is 0 Å². The number of hydrogen-bond acceptors (Lipinski definition) is 2. The van der Waals surface area contributed by atoms with Crippen molar-refractivity contribution in [3.05, 3.63) is 0 Å². The van der Waals surface area contributed by atoms with Crippen LogP contribution in [-0.2, 0) is 4.74 Å². The molecule has 0 aromatic heterocycles. The Labute approximate surface area is 62.7 Å². The summed E-state index contributed by atoms with van der Waals surface area (Å²) in [7, 11) is 1.76. The fourth-order valence-electron chi connectivity index (χ4n) is 1.55. The molecule has 0 aliphatic heterocycles. The van der Waals surface area contributed by atoms with Crippen LogP contribution in [0.3, 0.4) is 0 Å². The fraction of sp³-hybridized carbons (Fsp3) is 1.00. The highest BCUT2D eigenvalue weighted by molar-refractivity contribution is 5.09. The molecule has 2 N–H and O–H groups in total. The van der Waals surface area contributed by atoms with Crippen LogP contribution >= 0.6 is 0 Å². The van der Waals surface area contributed by atoms with Gasteiger partial charge >= 0.3 is 0 Å². The highest BCUT2D eigenvalue weighted by Gasteiger charge is 2.55. The summed E-state index contributed by atoms with van der Waals surface area (Å²) in [5, 5.41) is 0. The van der Waals surface area contributed by atoms with Crippen molar-refractivity contribution in [2.24, 2.45) is 11.1 Å². The summed E-state index contributed by atoms with van der Waals surface area (Å²) in [5.74, 6) is 0. The van der Waals surface area contributed by atoms with Gasteiger partial charge in [-0.3, -0.25) is 0 Å². The topological polar surface area (TPSA) is 35.2 Å². The number of hydrogen-bond donors (Lipinski definition) is 1. The van der Waals surface area contributed by atoms with Crippen LogP contribution in [0.1, 0.15) is 27.2 Å². The molecule has 0 spiro atoms. The van der Waals surface area contributed by atoms with Crippen LogP contribution in [0, 0.1) is 5.41 Å². The number of ether oxygens (including phenoxy) is 1. The van der Waals surface area contributed by atoms with E-state index in [1.807, 2.05) is 0 Å². The van der Waals surface area contributed by atoms with E-state index in [0.29, 0.717) is 6.04 Å². The minimum Gasteiger partial charge on any atom is -0.378 e. The molecular formula is C8H17NO. The van der Waals surface area contributed by atoms with Crippen LogP contribution < -0.4 is 5.73 Å². The Kier molecular flexibility index (Phi) is 1.57. The number of methoxy groups -OCH3 is 1. The maximum absolute atomic E-state index is 5.83. The van der Waals surface area contributed by atoms with Crippen molar-refractivity contribution in [3.8, 4) is 0 Å². The van der Waals surface area contributed by atoms with Crippen molar-refractivity contribution in [3.63, 3.8) is 0 Å². The average molecular weight is 143 g/mol. The van der Waals surface area contributed by atoms with E-state index < -0.39 is 0 Å². The highest BCUT2D eigenvalue weighted by atomic mass is 16.5. The van der Waals surface area contributed by atoms with Crippen LogP contribution in [0.4, 0.5) is 0 Å². The zero-order chi connectivity index (χ0) is 7.99. The van der Waals surface area contributed by atoms with Gasteiger partial charge in [0.1, 0.15) is 0 Å². The van der Waals surface area contributed by atoms with Gasteiger partial charge in [-0.1, -0.05) is 13.8 Å². The van der Waals surface area contributed by atoms with E-state index >= 15 is 0 Å². The van der Waals surface area contributed by atoms with Gasteiger partial charge in [-0.15, -0.1) is 0 Å². The average Bonchev–Trinajstić information content (AvgIpc) is 1.88. The van der Waals surface area contributed by atoms with Crippen molar-refractivity contribution in [2.75, 3.05) is 7.11 Å². The Hall–Kier alpha value is -0.0800. The van der Waals surface area contributed by atoms with Crippen molar-refractivity contribution in [1.82, 2.24) is 0 Å². The van der Waals surface area contributed by atoms with Gasteiger partial charge in [0, 0.05) is 18.6 Å². The first kappa shape index (κ1) is 8.02. The third-order valence-electron chi connectivity index (χ3n) is 3.35. The van der Waals surface area contributed by atoms with Gasteiger partial charge in [-0.25, -0.2) is 0 Å². The van der Waals surface area contributed by atoms with Crippen molar-refractivity contribution in [1.29, 1.82) is 0 Å². The molecule has 10 heavy (non-hydrogen) atoms. The molecule has 2 nitrogen and oxygen atoms in total. The Morgan fingerprint density at radius 3 is 2.00 bits per heavy atom. The molecule has 0 heterocycles. The lowest BCUT2D eigenvalue weighted by molar-refractivity contribution is -0.171. The molecule has 0 unspecified atom stereocenters. The Morgan fingerprint density at radius 2 is 1.90 bits per heavy atom. The molecule has 0 radical (unpaired) electrons. The van der Waals surface area contributed by atoms with E-state index in [1.54, 1.807) is 7.11 Å². The Bertz CT molecular complexity index is 141. The fourth-order valence-corrected chi connectivity index (χ4v) is 1.55. The summed E-state index contributed by atoms with van der Waals surface area (Å²) < 4.78 is 5.38. The molecular weight excluding hydrogens is 126 g/mol. The van der Waals surface area contributed by atoms with Crippen molar-refractivity contribution in [2.45, 2.75) is 38.8 Å². The summed E-state index contributed by atoms with van der Waals surface area (Å²) in [6, 6.07) is 0.303. The maximum atomic E-state index is 5.83. The zero-order valence-electron chi connectivity index (χ0n) is 7.27. The van der Waals surface area contributed by atoms with Crippen molar-refractivity contribution < 1.29 is 4.74 Å². The largest absolute Gasteiger partial charge is 0.378 e. The molecule has 0 amide bonds. The van der Waals surface area contributed by atoms with Crippen LogP contribution in [0.15, 0.2) is 0 Å². The van der Waals surface area contributed by atoms with Gasteiger partial charge in [0.2, 0.25) is 0 Å². The second-order valence-corrected chi connectivity index (χ2v) is 3.97. The minimum absolute atomic E-state index is 0.00637. The highest BCUT2D eigenvalue weighted by Crippen LogP contribution is 2.50. The standard InChI is InChI=1S/C8H17NO/c1-7(2)6(9)5-8(7,3)10-4/h6H,5,9H2,1-4H3/t6-,8-/m0/s1. The summed E-state index contributed by atoms with van der Waals surface area (Å²) in [6.07, 6.45) is 0.983. The lowest BCUT2D eigenvalue weighted by Gasteiger charge is -2.57. The second-order valence-electron chi connectivity index (χ2n) is 3.97. The summed E-state index contributed by atoms with van der Waals surface area (Å²) in [4.78, 5) is 0. The third kappa shape index (κ3) is 0.722. The van der Waals surface area contributed by atoms with Gasteiger partial charge in [-0.05, 0) is 13.3 Å². The van der Waals surface area contributed by atoms with E-state index in [0.717, 1.165) is 6.42 Å². The lowest BCUT2D eigenvalue weighted by Crippen LogP contribution is -2.66. The Balaban J connectivity index is 2.70. The third-order valence-corrected chi connectivity index (χ3v) is 3.35. The molecule has 1 fully saturated rings. The number of rotatable bonds is 1. The normalized spacial score (nSPS) is 44.7. The first-order valence-corrected chi connectivity index (χ1v) is 3.75. The number of nitrogens with two attached hydrogens (primary N) is 1. The minimum atomic E-state index is 0.00637. The molecule has 1 aliphatic carbocycles. The van der Waals surface area contributed by atoms with Gasteiger partial charge in [0.15, 0.2) is 0 Å². The molecule has 2 heteroatoms. The van der Waals surface area contributed by atoms with E-state index in [1.165, 1.54) is 0 Å². The Morgan fingerprint density at radius 1 is 1.40 bits per heavy atom. The van der Waals surface area contributed by atoms with Gasteiger partial charge in [0.05, 0.1) is 5.60 Å². The van der Waals surface area contributed by atoms with E-state index in [2.05, 4.69) is 20.8 Å². The molecule has 0 bridgehead atoms. The van der Waals surface area contributed by atoms with E-state index in [4.69, 9.17) is 10.5 Å². The smallest absolute Gasteiger partial charge is 0.0731 e. The molecule has 60 valence electrons. The van der Waals surface area contributed by atoms with Gasteiger partial charge in [-0.2, -0.15) is 0 Å². The molecule has 2 atom stereocenters. The molecule has 0 saturated heterocycles. The second kappa shape index (κ2) is 1.95. The first-order valence-electron chi connectivity index (χ1n) is 3.75. The van der Waals surface area contributed by atoms with Crippen LogP contribution in [-0.4, -0.2) is 18.8 Å². The van der Waals surface area contributed by atoms with E-state index in [9.17, 15) is 0 Å². The van der Waals surface area contributed by atoms with Crippen molar-refractivity contribution >= 4 is 0 Å². The van der Waals surface area contributed by atoms with Crippen LogP contribution in [0.25, 0.3) is 0 Å². The molecule has 1 rings (SSSR count). The van der Waals surface area contributed by atoms with Crippen LogP contribution in [0.2, 0.25) is 0 Å². The quantitative estimate of drug-likeness (QED) is 0.597. The molecule has 0 aromatic rings. The van der Waals surface area contributed by atoms with Gasteiger partial charge < -0.3 is 10.5 Å². The summed E-state index contributed by atoms with van der Waals surface area (Å²) in [6.45, 7) is 6.44. The molecule has 0 aromatic carbocycles. The van der Waals surface area contributed by atoms with Gasteiger partial charge in [0.25, 0.3) is 0 Å². The zero-order valence-corrected chi connectivity index (χ0v) is 7.27. The first-order chi connectivity index (χ1) is 4.44.